The molecule has 4 rings (SSSR count). The molecule has 3 heterocycles. The molecule has 8 nitrogen and oxygen atoms in total. The van der Waals surface area contributed by atoms with Crippen LogP contribution in [0.2, 0.25) is 0 Å². The average molecular weight is 454 g/mol. The lowest BCUT2D eigenvalue weighted by Crippen LogP contribution is -2.41. The normalized spacial score (nSPS) is 19.8. The van der Waals surface area contributed by atoms with Crippen molar-refractivity contribution in [3.63, 3.8) is 0 Å². The third-order valence-electron chi connectivity index (χ3n) is 7.43. The average Bonchev–Trinajstić information content (AvgIpc) is 3.44. The van der Waals surface area contributed by atoms with E-state index < -0.39 is 18.3 Å². The number of amides is 1. The van der Waals surface area contributed by atoms with Gasteiger partial charge in [-0.05, 0) is 53.5 Å². The van der Waals surface area contributed by atoms with Crippen LogP contribution in [0.25, 0.3) is 11.4 Å². The molecule has 0 bridgehead atoms. The van der Waals surface area contributed by atoms with Crippen molar-refractivity contribution in [2.45, 2.75) is 84.2 Å². The van der Waals surface area contributed by atoms with E-state index >= 15 is 0 Å². The molecule has 0 spiro atoms. The first-order valence-corrected chi connectivity index (χ1v) is 11.7. The summed E-state index contributed by atoms with van der Waals surface area (Å²) < 4.78 is 19.9. The van der Waals surface area contributed by atoms with Crippen molar-refractivity contribution in [3.8, 4) is 11.4 Å². The van der Waals surface area contributed by atoms with E-state index in [1.807, 2.05) is 65.4 Å². The third-order valence-corrected chi connectivity index (χ3v) is 7.43. The number of aryl methyl sites for hydroxylation is 2. The van der Waals surface area contributed by atoms with E-state index in [1.165, 1.54) is 12.8 Å². The fourth-order valence-corrected chi connectivity index (χ4v) is 4.44. The van der Waals surface area contributed by atoms with Gasteiger partial charge in [0.15, 0.2) is 0 Å². The molecular weight excluding hydrogens is 419 g/mol. The zero-order valence-electron chi connectivity index (χ0n) is 20.8. The lowest BCUT2D eigenvalue weighted by atomic mass is 9.78. The molecule has 0 atom stereocenters. The van der Waals surface area contributed by atoms with Gasteiger partial charge < -0.3 is 23.5 Å². The zero-order chi connectivity index (χ0) is 24.0. The Balaban J connectivity index is 1.50. The van der Waals surface area contributed by atoms with Crippen LogP contribution in [0.15, 0.2) is 18.5 Å². The van der Waals surface area contributed by atoms with Gasteiger partial charge in [-0.3, -0.25) is 4.98 Å². The van der Waals surface area contributed by atoms with E-state index in [9.17, 15) is 4.79 Å². The molecule has 1 saturated heterocycles. The molecule has 1 amide bonds. The Kier molecular flexibility index (Phi) is 6.31. The van der Waals surface area contributed by atoms with Crippen LogP contribution in [0.3, 0.4) is 0 Å². The maximum absolute atomic E-state index is 12.6. The summed E-state index contributed by atoms with van der Waals surface area (Å²) in [6.45, 7) is 10.2. The minimum atomic E-state index is -0.466. The van der Waals surface area contributed by atoms with Crippen LogP contribution >= 0.6 is 0 Å². The van der Waals surface area contributed by atoms with Gasteiger partial charge in [-0.2, -0.15) is 0 Å². The lowest BCUT2D eigenvalue weighted by molar-refractivity contribution is 0.00578. The minimum absolute atomic E-state index is 0.140. The van der Waals surface area contributed by atoms with Crippen LogP contribution in [-0.2, 0) is 27.7 Å². The number of ether oxygens (including phenoxy) is 1. The second kappa shape index (κ2) is 8.76. The molecule has 1 saturated carbocycles. The molecular formula is C24H35BN4O4. The molecule has 0 radical (unpaired) electrons. The summed E-state index contributed by atoms with van der Waals surface area (Å²) in [5.41, 5.74) is 3.14. The fraction of sp³-hybridized carbons (Fsp3) is 0.625. The van der Waals surface area contributed by atoms with E-state index in [0.29, 0.717) is 5.69 Å². The Morgan fingerprint density at radius 2 is 1.85 bits per heavy atom. The van der Waals surface area contributed by atoms with Crippen molar-refractivity contribution in [3.05, 3.63) is 29.8 Å². The van der Waals surface area contributed by atoms with E-state index in [2.05, 4.69) is 4.98 Å². The van der Waals surface area contributed by atoms with Crippen molar-refractivity contribution in [1.82, 2.24) is 19.4 Å². The highest BCUT2D eigenvalue weighted by Gasteiger charge is 2.52. The van der Waals surface area contributed by atoms with Gasteiger partial charge in [0, 0.05) is 31.3 Å². The Hall–Kier alpha value is -2.39. The summed E-state index contributed by atoms with van der Waals surface area (Å²) in [4.78, 5) is 23.6. The Bertz CT molecular complexity index is 1010. The highest BCUT2D eigenvalue weighted by atomic mass is 16.7. The second-order valence-corrected chi connectivity index (χ2v) is 10.2. The number of hydrogen-bond acceptors (Lipinski definition) is 6. The molecule has 2 aromatic rings. The van der Waals surface area contributed by atoms with Crippen LogP contribution in [0.1, 0.15) is 64.8 Å². The summed E-state index contributed by atoms with van der Waals surface area (Å²) in [5, 5.41) is 0. The summed E-state index contributed by atoms with van der Waals surface area (Å²) in [5.74, 6) is 0. The quantitative estimate of drug-likeness (QED) is 0.643. The van der Waals surface area contributed by atoms with Gasteiger partial charge in [-0.1, -0.05) is 18.9 Å². The molecule has 2 fully saturated rings. The van der Waals surface area contributed by atoms with Crippen molar-refractivity contribution in [2.24, 2.45) is 7.05 Å². The first kappa shape index (κ1) is 23.8. The number of imidazole rings is 1. The van der Waals surface area contributed by atoms with E-state index in [4.69, 9.17) is 19.0 Å². The SMILES string of the molecule is Cc1nc(-c2ncn(C)c2COC(=O)N(C)C2CCCC2)ccc1B1OC(C)(C)C(C)(C)O1. The Labute approximate surface area is 196 Å². The number of hydrogen-bond donors (Lipinski definition) is 0. The fourth-order valence-electron chi connectivity index (χ4n) is 4.44. The van der Waals surface area contributed by atoms with Gasteiger partial charge in [-0.15, -0.1) is 0 Å². The zero-order valence-corrected chi connectivity index (χ0v) is 20.8. The van der Waals surface area contributed by atoms with Gasteiger partial charge >= 0.3 is 13.2 Å². The smallest absolute Gasteiger partial charge is 0.443 e. The van der Waals surface area contributed by atoms with Crippen LogP contribution in [0.4, 0.5) is 4.79 Å². The molecule has 178 valence electrons. The first-order valence-electron chi connectivity index (χ1n) is 11.7. The van der Waals surface area contributed by atoms with E-state index in [1.54, 1.807) is 11.2 Å². The van der Waals surface area contributed by atoms with Crippen molar-refractivity contribution < 1.29 is 18.8 Å². The maximum atomic E-state index is 12.6. The molecule has 2 aliphatic rings. The van der Waals surface area contributed by atoms with Gasteiger partial charge in [-0.25, -0.2) is 9.78 Å². The monoisotopic (exact) mass is 454 g/mol. The summed E-state index contributed by atoms with van der Waals surface area (Å²) in [7, 11) is 3.25. The molecule has 0 aromatic carbocycles. The lowest BCUT2D eigenvalue weighted by Gasteiger charge is -2.32. The number of rotatable bonds is 5. The molecule has 2 aromatic heterocycles. The topological polar surface area (TPSA) is 78.7 Å². The second-order valence-electron chi connectivity index (χ2n) is 10.2. The summed E-state index contributed by atoms with van der Waals surface area (Å²) in [6, 6.07) is 4.18. The van der Waals surface area contributed by atoms with E-state index in [0.717, 1.165) is 35.4 Å². The molecule has 0 unspecified atom stereocenters. The van der Waals surface area contributed by atoms with Crippen molar-refractivity contribution in [1.29, 1.82) is 0 Å². The van der Waals surface area contributed by atoms with E-state index in [-0.39, 0.29) is 18.7 Å². The van der Waals surface area contributed by atoms with Gasteiger partial charge in [0.05, 0.1) is 28.9 Å². The van der Waals surface area contributed by atoms with Gasteiger partial charge in [0.2, 0.25) is 0 Å². The molecule has 1 aliphatic carbocycles. The summed E-state index contributed by atoms with van der Waals surface area (Å²) >= 11 is 0. The summed E-state index contributed by atoms with van der Waals surface area (Å²) in [6.07, 6.45) is 5.84. The Morgan fingerprint density at radius 1 is 1.21 bits per heavy atom. The predicted molar refractivity (Wildman–Crippen MR) is 127 cm³/mol. The number of carbonyl (C=O) groups excluding carboxylic acids is 1. The number of aromatic nitrogens is 3. The molecule has 0 N–H and O–H groups in total. The minimum Gasteiger partial charge on any atom is -0.443 e. The van der Waals surface area contributed by atoms with Gasteiger partial charge in [0.25, 0.3) is 0 Å². The standard InChI is InChI=1S/C24H35BN4O4/c1-16-18(25-32-23(2,3)24(4,5)33-25)12-13-19(27-16)21-20(28(6)15-26-21)14-31-22(30)29(7)17-10-8-9-11-17/h12-13,15,17H,8-11,14H2,1-7H3. The third kappa shape index (κ3) is 4.53. The van der Waals surface area contributed by atoms with Crippen LogP contribution in [0, 0.1) is 6.92 Å². The molecule has 9 heteroatoms. The number of pyridine rings is 1. The van der Waals surface area contributed by atoms with Crippen LogP contribution < -0.4 is 5.46 Å². The Morgan fingerprint density at radius 3 is 2.45 bits per heavy atom. The largest absolute Gasteiger partial charge is 0.496 e. The number of carbonyl (C=O) groups is 1. The predicted octanol–water partition coefficient (Wildman–Crippen LogP) is 3.60. The maximum Gasteiger partial charge on any atom is 0.496 e. The van der Waals surface area contributed by atoms with Gasteiger partial charge in [0.1, 0.15) is 12.3 Å². The van der Waals surface area contributed by atoms with Crippen LogP contribution in [0.5, 0.6) is 0 Å². The van der Waals surface area contributed by atoms with Crippen molar-refractivity contribution >= 4 is 18.7 Å². The van der Waals surface area contributed by atoms with Crippen molar-refractivity contribution in [2.75, 3.05) is 7.05 Å². The highest BCUT2D eigenvalue weighted by Crippen LogP contribution is 2.36. The molecule has 33 heavy (non-hydrogen) atoms. The first-order chi connectivity index (χ1) is 15.5. The molecule has 1 aliphatic heterocycles. The number of nitrogens with zero attached hydrogens (tertiary/aromatic N) is 4. The van der Waals surface area contributed by atoms with Crippen LogP contribution in [-0.4, -0.2) is 56.9 Å². The highest BCUT2D eigenvalue weighted by molar-refractivity contribution is 6.62.